The molecule has 1 N–H and O–H groups in total. The second-order valence-corrected chi connectivity index (χ2v) is 6.42. The molecule has 4 heteroatoms. The predicted octanol–water partition coefficient (Wildman–Crippen LogP) is 4.07. The van der Waals surface area contributed by atoms with E-state index in [1.807, 2.05) is 17.8 Å². The third-order valence-corrected chi connectivity index (χ3v) is 4.67. The third-order valence-electron chi connectivity index (χ3n) is 2.99. The van der Waals surface area contributed by atoms with Gasteiger partial charge in [-0.3, -0.25) is 0 Å². The van der Waals surface area contributed by atoms with Gasteiger partial charge in [0.05, 0.1) is 12.8 Å². The number of nitrogens with one attached hydrogen (secondary N) is 1. The molecule has 0 aromatic heterocycles. The molecule has 1 heterocycles. The fourth-order valence-electron chi connectivity index (χ4n) is 2.12. The summed E-state index contributed by atoms with van der Waals surface area (Å²) in [5, 5.41) is 3.63. The van der Waals surface area contributed by atoms with Crippen molar-refractivity contribution in [1.82, 2.24) is 0 Å². The number of anilines is 1. The van der Waals surface area contributed by atoms with E-state index in [9.17, 15) is 0 Å². The number of aryl methyl sites for hydroxylation is 1. The molecule has 1 aromatic carbocycles. The molecule has 1 aromatic rings. The molecule has 1 aliphatic rings. The fraction of sp³-hybridized carbons (Fsp3) is 0.538. The molecule has 17 heavy (non-hydrogen) atoms. The molecule has 0 radical (unpaired) electrons. The standard InChI is InChI=1S/C13H18BrNOS/c1-9-6-10(14)7-12(16-2)13(9)15-11-4-3-5-17-8-11/h6-7,11,15H,3-5,8H2,1-2H3. The largest absolute Gasteiger partial charge is 0.495 e. The highest BCUT2D eigenvalue weighted by Crippen LogP contribution is 2.33. The fourth-order valence-corrected chi connectivity index (χ4v) is 3.74. The summed E-state index contributed by atoms with van der Waals surface area (Å²) in [6.45, 7) is 2.12. The smallest absolute Gasteiger partial charge is 0.143 e. The average Bonchev–Trinajstić information content (AvgIpc) is 2.33. The summed E-state index contributed by atoms with van der Waals surface area (Å²) in [6.07, 6.45) is 2.56. The Morgan fingerprint density at radius 3 is 2.94 bits per heavy atom. The van der Waals surface area contributed by atoms with Crippen LogP contribution in [0.1, 0.15) is 18.4 Å². The number of hydrogen-bond donors (Lipinski definition) is 1. The summed E-state index contributed by atoms with van der Waals surface area (Å²) >= 11 is 5.53. The average molecular weight is 316 g/mol. The summed E-state index contributed by atoms with van der Waals surface area (Å²) in [7, 11) is 1.72. The summed E-state index contributed by atoms with van der Waals surface area (Å²) in [6, 6.07) is 4.72. The molecule has 1 atom stereocenters. The molecule has 0 saturated carbocycles. The van der Waals surface area contributed by atoms with E-state index in [2.05, 4.69) is 34.2 Å². The number of methoxy groups -OCH3 is 1. The van der Waals surface area contributed by atoms with Crippen molar-refractivity contribution >= 4 is 33.4 Å². The topological polar surface area (TPSA) is 21.3 Å². The maximum absolute atomic E-state index is 5.45. The summed E-state index contributed by atoms with van der Waals surface area (Å²) in [5.41, 5.74) is 2.37. The molecule has 94 valence electrons. The van der Waals surface area contributed by atoms with E-state index >= 15 is 0 Å². The van der Waals surface area contributed by atoms with Crippen LogP contribution in [-0.4, -0.2) is 24.7 Å². The molecular weight excluding hydrogens is 298 g/mol. The maximum Gasteiger partial charge on any atom is 0.143 e. The van der Waals surface area contributed by atoms with Crippen molar-refractivity contribution in [2.24, 2.45) is 0 Å². The molecule has 1 aliphatic heterocycles. The van der Waals surface area contributed by atoms with Crippen molar-refractivity contribution in [3.8, 4) is 5.75 Å². The minimum atomic E-state index is 0.572. The van der Waals surface area contributed by atoms with Crippen LogP contribution >= 0.6 is 27.7 Å². The van der Waals surface area contributed by atoms with Crippen LogP contribution in [0, 0.1) is 6.92 Å². The van der Waals surface area contributed by atoms with Gasteiger partial charge in [-0.25, -0.2) is 0 Å². The van der Waals surface area contributed by atoms with Gasteiger partial charge in [0.15, 0.2) is 0 Å². The van der Waals surface area contributed by atoms with Crippen molar-refractivity contribution in [3.05, 3.63) is 22.2 Å². The summed E-state index contributed by atoms with van der Waals surface area (Å²) in [4.78, 5) is 0. The summed E-state index contributed by atoms with van der Waals surface area (Å²) < 4.78 is 6.51. The van der Waals surface area contributed by atoms with Crippen LogP contribution in [0.25, 0.3) is 0 Å². The molecule has 1 saturated heterocycles. The van der Waals surface area contributed by atoms with E-state index in [1.165, 1.54) is 29.9 Å². The van der Waals surface area contributed by atoms with E-state index in [1.54, 1.807) is 7.11 Å². The van der Waals surface area contributed by atoms with Crippen molar-refractivity contribution in [2.45, 2.75) is 25.8 Å². The Bertz CT molecular complexity index is 391. The van der Waals surface area contributed by atoms with Gasteiger partial charge in [-0.15, -0.1) is 0 Å². The van der Waals surface area contributed by atoms with Crippen LogP contribution in [-0.2, 0) is 0 Å². The zero-order valence-corrected chi connectivity index (χ0v) is 12.7. The van der Waals surface area contributed by atoms with E-state index in [0.29, 0.717) is 6.04 Å². The Morgan fingerprint density at radius 2 is 2.29 bits per heavy atom. The quantitative estimate of drug-likeness (QED) is 0.908. The van der Waals surface area contributed by atoms with E-state index in [4.69, 9.17) is 4.74 Å². The first-order chi connectivity index (χ1) is 8.20. The molecule has 2 nitrogen and oxygen atoms in total. The molecule has 0 amide bonds. The lowest BCUT2D eigenvalue weighted by atomic mass is 10.1. The van der Waals surface area contributed by atoms with Crippen molar-refractivity contribution in [3.63, 3.8) is 0 Å². The van der Waals surface area contributed by atoms with Crippen molar-refractivity contribution in [2.75, 3.05) is 23.9 Å². The molecule has 1 fully saturated rings. The first-order valence-corrected chi connectivity index (χ1v) is 7.84. The Hall–Kier alpha value is -0.350. The number of benzene rings is 1. The van der Waals surface area contributed by atoms with Gasteiger partial charge in [-0.2, -0.15) is 11.8 Å². The highest BCUT2D eigenvalue weighted by molar-refractivity contribution is 9.10. The van der Waals surface area contributed by atoms with Gasteiger partial charge in [0.1, 0.15) is 5.75 Å². The maximum atomic E-state index is 5.45. The Balaban J connectivity index is 2.18. The first-order valence-electron chi connectivity index (χ1n) is 5.89. The minimum Gasteiger partial charge on any atom is -0.495 e. The monoisotopic (exact) mass is 315 g/mol. The number of thioether (sulfide) groups is 1. The SMILES string of the molecule is COc1cc(Br)cc(C)c1NC1CCCSC1. The first kappa shape index (κ1) is 13.1. The van der Waals surface area contributed by atoms with Gasteiger partial charge in [-0.1, -0.05) is 15.9 Å². The highest BCUT2D eigenvalue weighted by atomic mass is 79.9. The second kappa shape index (κ2) is 6.01. The van der Waals surface area contributed by atoms with E-state index in [0.717, 1.165) is 15.9 Å². The lowest BCUT2D eigenvalue weighted by molar-refractivity contribution is 0.415. The number of ether oxygens (including phenoxy) is 1. The Morgan fingerprint density at radius 1 is 1.47 bits per heavy atom. The molecule has 2 rings (SSSR count). The molecular formula is C13H18BrNOS. The van der Waals surface area contributed by atoms with Crippen LogP contribution in [0.4, 0.5) is 5.69 Å². The van der Waals surface area contributed by atoms with Crippen molar-refractivity contribution < 1.29 is 4.74 Å². The van der Waals surface area contributed by atoms with E-state index < -0.39 is 0 Å². The zero-order valence-electron chi connectivity index (χ0n) is 10.3. The van der Waals surface area contributed by atoms with Gasteiger partial charge >= 0.3 is 0 Å². The number of rotatable bonds is 3. The predicted molar refractivity (Wildman–Crippen MR) is 79.4 cm³/mol. The van der Waals surface area contributed by atoms with Gasteiger partial charge in [-0.05, 0) is 43.2 Å². The number of halogens is 1. The van der Waals surface area contributed by atoms with Gasteiger partial charge < -0.3 is 10.1 Å². The van der Waals surface area contributed by atoms with Crippen molar-refractivity contribution in [1.29, 1.82) is 0 Å². The van der Waals surface area contributed by atoms with Gasteiger partial charge in [0.2, 0.25) is 0 Å². The van der Waals surface area contributed by atoms with Crippen LogP contribution in [0.2, 0.25) is 0 Å². The molecule has 0 bridgehead atoms. The summed E-state index contributed by atoms with van der Waals surface area (Å²) in [5.74, 6) is 3.42. The van der Waals surface area contributed by atoms with Crippen LogP contribution in [0.15, 0.2) is 16.6 Å². The number of hydrogen-bond acceptors (Lipinski definition) is 3. The third kappa shape index (κ3) is 3.32. The van der Waals surface area contributed by atoms with Crippen LogP contribution in [0.5, 0.6) is 5.75 Å². The highest BCUT2D eigenvalue weighted by Gasteiger charge is 2.16. The van der Waals surface area contributed by atoms with Crippen LogP contribution in [0.3, 0.4) is 0 Å². The zero-order chi connectivity index (χ0) is 12.3. The lowest BCUT2D eigenvalue weighted by Gasteiger charge is -2.25. The second-order valence-electron chi connectivity index (χ2n) is 4.36. The molecule has 1 unspecified atom stereocenters. The molecule has 0 aliphatic carbocycles. The normalized spacial score (nSPS) is 20.1. The lowest BCUT2D eigenvalue weighted by Crippen LogP contribution is -2.26. The van der Waals surface area contributed by atoms with Gasteiger partial charge in [0.25, 0.3) is 0 Å². The Kier molecular flexibility index (Phi) is 4.62. The van der Waals surface area contributed by atoms with Crippen LogP contribution < -0.4 is 10.1 Å². The molecule has 0 spiro atoms. The Labute approximate surface area is 116 Å². The van der Waals surface area contributed by atoms with Gasteiger partial charge in [0, 0.05) is 16.3 Å². The minimum absolute atomic E-state index is 0.572. The van der Waals surface area contributed by atoms with E-state index in [-0.39, 0.29) is 0 Å².